The van der Waals surface area contributed by atoms with Crippen LogP contribution in [0.4, 0.5) is 5.82 Å². The Balaban J connectivity index is 1.45. The molecule has 1 aromatic heterocycles. The Labute approximate surface area is 222 Å². The van der Waals surface area contributed by atoms with E-state index >= 15 is 0 Å². The van der Waals surface area contributed by atoms with Crippen molar-refractivity contribution >= 4 is 29.7 Å². The topological polar surface area (TPSA) is 146 Å². The molecule has 1 aromatic carbocycles. The number of carbonyl (C=O) groups excluding carboxylic acids is 4. The lowest BCUT2D eigenvalue weighted by molar-refractivity contribution is -0.134. The van der Waals surface area contributed by atoms with Crippen LogP contribution in [0.5, 0.6) is 23.0 Å². The van der Waals surface area contributed by atoms with E-state index in [1.165, 1.54) is 12.1 Å². The van der Waals surface area contributed by atoms with Crippen molar-refractivity contribution in [2.45, 2.75) is 38.1 Å². The van der Waals surface area contributed by atoms with Crippen molar-refractivity contribution < 1.29 is 38.1 Å². The number of hydrogen-bond acceptors (Lipinski definition) is 12. The van der Waals surface area contributed by atoms with E-state index in [2.05, 4.69) is 20.4 Å². The Hall–Kier alpha value is -4.58. The summed E-state index contributed by atoms with van der Waals surface area (Å²) in [6, 6.07) is 2.87. The molecule has 0 spiro atoms. The van der Waals surface area contributed by atoms with Crippen LogP contribution in [-0.2, 0) is 19.2 Å². The van der Waals surface area contributed by atoms with Crippen molar-refractivity contribution in [1.29, 1.82) is 0 Å². The van der Waals surface area contributed by atoms with Crippen LogP contribution in [0.1, 0.15) is 31.2 Å². The van der Waals surface area contributed by atoms with E-state index in [1.807, 2.05) is 0 Å². The van der Waals surface area contributed by atoms with Gasteiger partial charge in [-0.1, -0.05) is 0 Å². The summed E-state index contributed by atoms with van der Waals surface area (Å²) in [6.07, 6.45) is 8.01. The van der Waals surface area contributed by atoms with Crippen molar-refractivity contribution in [3.63, 3.8) is 0 Å². The molecule has 12 nitrogen and oxygen atoms in total. The van der Waals surface area contributed by atoms with Crippen molar-refractivity contribution in [3.05, 3.63) is 42.0 Å². The van der Waals surface area contributed by atoms with E-state index in [4.69, 9.17) is 18.9 Å². The first-order valence-electron chi connectivity index (χ1n) is 12.6. The van der Waals surface area contributed by atoms with Crippen LogP contribution in [0, 0.1) is 6.92 Å². The molecule has 1 N–H and O–H groups in total. The number of benzene rings is 1. The van der Waals surface area contributed by atoms with E-state index in [-0.39, 0.29) is 45.6 Å². The fraction of sp³-hybridized carbons (Fsp3) is 0.333. The first-order chi connectivity index (χ1) is 18.8. The first-order valence-corrected chi connectivity index (χ1v) is 12.6. The van der Waals surface area contributed by atoms with Gasteiger partial charge >= 0.3 is 23.9 Å². The van der Waals surface area contributed by atoms with Crippen LogP contribution < -0.4 is 24.3 Å². The molecule has 0 radical (unpaired) electrons. The maximum Gasteiger partial charge on any atom is 0.336 e. The Bertz CT molecular complexity index is 1470. The van der Waals surface area contributed by atoms with Crippen LogP contribution in [0.3, 0.4) is 0 Å². The summed E-state index contributed by atoms with van der Waals surface area (Å²) in [6.45, 7) is 4.42. The second-order valence-corrected chi connectivity index (χ2v) is 9.74. The zero-order valence-electron chi connectivity index (χ0n) is 21.0. The van der Waals surface area contributed by atoms with E-state index in [9.17, 15) is 19.2 Å². The highest BCUT2D eigenvalue weighted by Crippen LogP contribution is 2.47. The highest BCUT2D eigenvalue weighted by molar-refractivity contribution is 5.98. The van der Waals surface area contributed by atoms with Crippen molar-refractivity contribution in [3.8, 4) is 34.3 Å². The highest BCUT2D eigenvalue weighted by atomic mass is 16.6. The zero-order valence-corrected chi connectivity index (χ0v) is 21.0. The second-order valence-electron chi connectivity index (χ2n) is 9.74. The van der Waals surface area contributed by atoms with E-state index in [1.54, 1.807) is 6.92 Å². The quantitative estimate of drug-likeness (QED) is 0.457. The number of aromatic nitrogens is 2. The minimum absolute atomic E-state index is 0.0251. The molecule has 12 heteroatoms. The fourth-order valence-electron chi connectivity index (χ4n) is 5.59. The lowest BCUT2D eigenvalue weighted by Crippen LogP contribution is -2.44. The molecule has 2 bridgehead atoms. The minimum atomic E-state index is -0.956. The van der Waals surface area contributed by atoms with Crippen LogP contribution in [0.2, 0.25) is 0 Å². The molecule has 2 aromatic rings. The molecule has 200 valence electrons. The summed E-state index contributed by atoms with van der Waals surface area (Å²) in [5.74, 6) is -3.70. The number of fused-ring (bicyclic) bond motifs is 7. The van der Waals surface area contributed by atoms with E-state index < -0.39 is 23.9 Å². The summed E-state index contributed by atoms with van der Waals surface area (Å²) >= 11 is 0. The molecule has 0 aliphatic carbocycles. The summed E-state index contributed by atoms with van der Waals surface area (Å²) in [5, 5.41) is 12.1. The maximum absolute atomic E-state index is 12.6. The number of ether oxygens (including phenoxy) is 4. The SMILES string of the molecule is Cc1c2nnc(NCC34CCCN3CCC4)c1OC(=O)/C=C/C(=O)Oc1c-2ccc2c1OC(=O)/C=C/C(=O)O2. The van der Waals surface area contributed by atoms with Crippen molar-refractivity contribution in [1.82, 2.24) is 15.1 Å². The van der Waals surface area contributed by atoms with Gasteiger partial charge in [0, 0.05) is 47.5 Å². The second kappa shape index (κ2) is 9.62. The number of esters is 4. The van der Waals surface area contributed by atoms with Gasteiger partial charge in [-0.05, 0) is 57.8 Å². The third-order valence-corrected chi connectivity index (χ3v) is 7.42. The average Bonchev–Trinajstić information content (AvgIpc) is 3.48. The molecule has 2 saturated heterocycles. The largest absolute Gasteiger partial charge is 0.419 e. The third kappa shape index (κ3) is 4.52. The molecule has 2 fully saturated rings. The van der Waals surface area contributed by atoms with Crippen LogP contribution in [-0.4, -0.2) is 64.1 Å². The van der Waals surface area contributed by atoms with Crippen LogP contribution in [0.25, 0.3) is 11.3 Å². The summed E-state index contributed by atoms with van der Waals surface area (Å²) in [5.41, 5.74) is 0.861. The van der Waals surface area contributed by atoms with Gasteiger partial charge in [0.25, 0.3) is 0 Å². The van der Waals surface area contributed by atoms with Gasteiger partial charge in [0.05, 0.1) is 0 Å². The maximum atomic E-state index is 12.6. The van der Waals surface area contributed by atoms with Gasteiger partial charge in [-0.3, -0.25) is 4.90 Å². The molecular formula is C27H24N4O8. The first kappa shape index (κ1) is 24.7. The molecule has 0 atom stereocenters. The van der Waals surface area contributed by atoms with Gasteiger partial charge in [-0.2, -0.15) is 0 Å². The predicted octanol–water partition coefficient (Wildman–Crippen LogP) is 2.25. The Morgan fingerprint density at radius 1 is 0.795 bits per heavy atom. The number of hydrogen-bond donors (Lipinski definition) is 1. The molecule has 0 saturated carbocycles. The van der Waals surface area contributed by atoms with Crippen LogP contribution >= 0.6 is 0 Å². The van der Waals surface area contributed by atoms with Crippen LogP contribution in [0.15, 0.2) is 36.4 Å². The van der Waals surface area contributed by atoms with Gasteiger partial charge < -0.3 is 24.3 Å². The number of anilines is 1. The normalized spacial score (nSPS) is 21.5. The summed E-state index contributed by atoms with van der Waals surface area (Å²) in [7, 11) is 0. The van der Waals surface area contributed by atoms with E-state index in [0.29, 0.717) is 12.1 Å². The smallest absolute Gasteiger partial charge is 0.336 e. The molecular weight excluding hydrogens is 508 g/mol. The lowest BCUT2D eigenvalue weighted by atomic mass is 9.94. The van der Waals surface area contributed by atoms with Gasteiger partial charge in [0.2, 0.25) is 5.75 Å². The number of nitrogens with one attached hydrogen (secondary N) is 1. The molecule has 0 unspecified atom stereocenters. The fourth-order valence-corrected chi connectivity index (χ4v) is 5.59. The Morgan fingerprint density at radius 3 is 2.05 bits per heavy atom. The lowest BCUT2D eigenvalue weighted by Gasteiger charge is -2.32. The average molecular weight is 533 g/mol. The zero-order chi connectivity index (χ0) is 27.1. The van der Waals surface area contributed by atoms with Gasteiger partial charge in [-0.15, -0.1) is 10.2 Å². The predicted molar refractivity (Wildman–Crippen MR) is 134 cm³/mol. The molecule has 39 heavy (non-hydrogen) atoms. The summed E-state index contributed by atoms with van der Waals surface area (Å²) in [4.78, 5) is 52.0. The van der Waals surface area contributed by atoms with Crippen molar-refractivity contribution in [2.75, 3.05) is 25.0 Å². The minimum Gasteiger partial charge on any atom is -0.419 e. The van der Waals surface area contributed by atoms with Gasteiger partial charge in [0.1, 0.15) is 5.69 Å². The van der Waals surface area contributed by atoms with Gasteiger partial charge in [-0.25, -0.2) is 19.2 Å². The number of nitrogens with zero attached hydrogens (tertiary/aromatic N) is 3. The monoisotopic (exact) mass is 532 g/mol. The number of rotatable bonds is 3. The Morgan fingerprint density at radius 2 is 1.38 bits per heavy atom. The highest BCUT2D eigenvalue weighted by Gasteiger charge is 2.44. The summed E-state index contributed by atoms with van der Waals surface area (Å²) < 4.78 is 21.7. The van der Waals surface area contributed by atoms with Gasteiger partial charge in [0.15, 0.2) is 23.1 Å². The molecule has 0 amide bonds. The molecule has 6 rings (SSSR count). The Kier molecular flexibility index (Phi) is 6.10. The van der Waals surface area contributed by atoms with E-state index in [0.717, 1.165) is 63.1 Å². The third-order valence-electron chi connectivity index (χ3n) is 7.42. The molecule has 4 aliphatic rings. The van der Waals surface area contributed by atoms with Crippen molar-refractivity contribution in [2.24, 2.45) is 0 Å². The molecule has 4 aliphatic heterocycles. The molecule has 5 heterocycles. The standard InChI is InChI=1S/C27H24N4O8/c1-15-22-16-4-5-17-25(39-21(35)7-6-18(32)36-17)24(16)38-20(34)9-8-19(33)37-23(15)26(30-29-22)28-14-27-10-2-12-31(27)13-3-11-27/h4-9H,2-3,10-14H2,1H3,(H,28,30)/b7-6+,9-8+. The number of carbonyl (C=O) groups is 4.